The third-order valence-electron chi connectivity index (χ3n) is 2.10. The van der Waals surface area contributed by atoms with E-state index in [1.54, 1.807) is 6.20 Å². The van der Waals surface area contributed by atoms with Gasteiger partial charge in [-0.2, -0.15) is 0 Å². The van der Waals surface area contributed by atoms with Crippen molar-refractivity contribution in [1.29, 1.82) is 0 Å². The molecule has 0 saturated carbocycles. The molecule has 0 aliphatic carbocycles. The van der Waals surface area contributed by atoms with Crippen molar-refractivity contribution in [2.45, 2.75) is 25.8 Å². The van der Waals surface area contributed by atoms with Crippen LogP contribution < -0.4 is 11.3 Å². The molecule has 1 rings (SSSR count). The maximum absolute atomic E-state index is 5.52. The zero-order valence-electron chi connectivity index (χ0n) is 8.93. The molecule has 0 aromatic carbocycles. The first-order valence-electron chi connectivity index (χ1n) is 4.85. The molecule has 1 heterocycles. The van der Waals surface area contributed by atoms with Crippen molar-refractivity contribution in [3.63, 3.8) is 0 Å². The highest BCUT2D eigenvalue weighted by Gasteiger charge is 2.14. The first kappa shape index (κ1) is 13.7. The summed E-state index contributed by atoms with van der Waals surface area (Å²) < 4.78 is 1.88. The van der Waals surface area contributed by atoms with E-state index in [9.17, 15) is 0 Å². The van der Waals surface area contributed by atoms with Gasteiger partial charge in [-0.3, -0.25) is 16.3 Å². The molecule has 86 valence electrons. The standard InChI is InChI=1S/C11H13Br2N3/c1-2-3-4-5-10(16-14)11-9(13)6-8(12)7-15-11/h6-7,10,16H,4-5,14H2,1H3. The van der Waals surface area contributed by atoms with Gasteiger partial charge in [0.05, 0.1) is 11.7 Å². The van der Waals surface area contributed by atoms with Gasteiger partial charge in [-0.1, -0.05) is 0 Å². The Hall–Kier alpha value is -0.410. The minimum Gasteiger partial charge on any atom is -0.271 e. The summed E-state index contributed by atoms with van der Waals surface area (Å²) in [5.41, 5.74) is 3.67. The number of nitrogens with two attached hydrogens (primary N) is 1. The topological polar surface area (TPSA) is 50.9 Å². The lowest BCUT2D eigenvalue weighted by Crippen LogP contribution is -2.28. The van der Waals surface area contributed by atoms with Crippen molar-refractivity contribution < 1.29 is 0 Å². The maximum atomic E-state index is 5.52. The fraction of sp³-hybridized carbons (Fsp3) is 0.364. The minimum atomic E-state index is 0.0170. The van der Waals surface area contributed by atoms with Gasteiger partial charge in [0.1, 0.15) is 0 Å². The lowest BCUT2D eigenvalue weighted by Gasteiger charge is -2.15. The van der Waals surface area contributed by atoms with Crippen molar-refractivity contribution in [2.75, 3.05) is 0 Å². The van der Waals surface area contributed by atoms with Gasteiger partial charge in [0.2, 0.25) is 0 Å². The molecule has 0 saturated heterocycles. The molecule has 16 heavy (non-hydrogen) atoms. The van der Waals surface area contributed by atoms with Crippen LogP contribution in [0.15, 0.2) is 21.2 Å². The molecule has 0 aliphatic rings. The molecule has 0 fully saturated rings. The summed E-state index contributed by atoms with van der Waals surface area (Å²) in [7, 11) is 0. The van der Waals surface area contributed by atoms with E-state index >= 15 is 0 Å². The fourth-order valence-electron chi connectivity index (χ4n) is 1.32. The molecular weight excluding hydrogens is 334 g/mol. The van der Waals surface area contributed by atoms with Crippen molar-refractivity contribution in [2.24, 2.45) is 5.84 Å². The Bertz CT molecular complexity index is 409. The number of halogens is 2. The second-order valence-electron chi connectivity index (χ2n) is 3.21. The predicted molar refractivity (Wildman–Crippen MR) is 72.4 cm³/mol. The largest absolute Gasteiger partial charge is 0.271 e. The first-order valence-corrected chi connectivity index (χ1v) is 6.44. The van der Waals surface area contributed by atoms with Crippen LogP contribution in [-0.4, -0.2) is 4.98 Å². The van der Waals surface area contributed by atoms with E-state index < -0.39 is 0 Å². The highest BCUT2D eigenvalue weighted by atomic mass is 79.9. The molecule has 0 spiro atoms. The minimum absolute atomic E-state index is 0.0170. The predicted octanol–water partition coefficient (Wildman–Crippen LogP) is 2.91. The molecule has 3 N–H and O–H groups in total. The third-order valence-corrected chi connectivity index (χ3v) is 3.17. The van der Waals surface area contributed by atoms with Crippen LogP contribution in [0.2, 0.25) is 0 Å². The van der Waals surface area contributed by atoms with Gasteiger partial charge >= 0.3 is 0 Å². The Labute approximate surface area is 112 Å². The van der Waals surface area contributed by atoms with Gasteiger partial charge in [0, 0.05) is 21.6 Å². The van der Waals surface area contributed by atoms with E-state index in [4.69, 9.17) is 5.84 Å². The summed E-state index contributed by atoms with van der Waals surface area (Å²) in [6, 6.07) is 1.97. The number of hydrogen-bond donors (Lipinski definition) is 2. The second kappa shape index (κ2) is 7.02. The number of rotatable bonds is 4. The molecule has 1 aromatic rings. The Kier molecular flexibility index (Phi) is 5.99. The zero-order chi connectivity index (χ0) is 12.0. The number of hydrogen-bond acceptors (Lipinski definition) is 3. The average Bonchev–Trinajstić information content (AvgIpc) is 2.26. The molecule has 1 aromatic heterocycles. The Morgan fingerprint density at radius 2 is 2.31 bits per heavy atom. The summed E-state index contributed by atoms with van der Waals surface area (Å²) in [4.78, 5) is 4.34. The maximum Gasteiger partial charge on any atom is 0.0729 e. The van der Waals surface area contributed by atoms with Crippen molar-refractivity contribution >= 4 is 31.9 Å². The molecule has 0 radical (unpaired) electrons. The number of pyridine rings is 1. The number of nitrogens with one attached hydrogen (secondary N) is 1. The average molecular weight is 347 g/mol. The van der Waals surface area contributed by atoms with Gasteiger partial charge in [0.25, 0.3) is 0 Å². The Balaban J connectivity index is 2.80. The highest BCUT2D eigenvalue weighted by molar-refractivity contribution is 9.11. The van der Waals surface area contributed by atoms with Gasteiger partial charge in [-0.05, 0) is 51.3 Å². The van der Waals surface area contributed by atoms with Crippen LogP contribution in [0.25, 0.3) is 0 Å². The van der Waals surface area contributed by atoms with E-state index in [1.807, 2.05) is 13.0 Å². The van der Waals surface area contributed by atoms with E-state index in [0.29, 0.717) is 0 Å². The summed E-state index contributed by atoms with van der Waals surface area (Å²) in [5.74, 6) is 11.4. The van der Waals surface area contributed by atoms with Crippen LogP contribution >= 0.6 is 31.9 Å². The van der Waals surface area contributed by atoms with Crippen LogP contribution in [-0.2, 0) is 0 Å². The molecular formula is C11H13Br2N3. The molecule has 0 aliphatic heterocycles. The smallest absolute Gasteiger partial charge is 0.0729 e. The van der Waals surface area contributed by atoms with Crippen molar-refractivity contribution in [3.8, 4) is 11.8 Å². The first-order chi connectivity index (χ1) is 7.69. The van der Waals surface area contributed by atoms with Crippen molar-refractivity contribution in [3.05, 3.63) is 26.9 Å². The number of aromatic nitrogens is 1. The van der Waals surface area contributed by atoms with E-state index in [2.05, 4.69) is 54.1 Å². The van der Waals surface area contributed by atoms with Crippen LogP contribution in [0.3, 0.4) is 0 Å². The summed E-state index contributed by atoms with van der Waals surface area (Å²) in [6.07, 6.45) is 3.40. The number of hydrazine groups is 1. The quantitative estimate of drug-likeness (QED) is 0.500. The SMILES string of the molecule is CC#CCCC(NN)c1ncc(Br)cc1Br. The van der Waals surface area contributed by atoms with Crippen LogP contribution in [0, 0.1) is 11.8 Å². The van der Waals surface area contributed by atoms with E-state index in [1.165, 1.54) is 0 Å². The Morgan fingerprint density at radius 3 is 2.88 bits per heavy atom. The lowest BCUT2D eigenvalue weighted by molar-refractivity contribution is 0.509. The van der Waals surface area contributed by atoms with E-state index in [-0.39, 0.29) is 6.04 Å². The molecule has 0 amide bonds. The second-order valence-corrected chi connectivity index (χ2v) is 4.98. The Morgan fingerprint density at radius 1 is 1.56 bits per heavy atom. The lowest BCUT2D eigenvalue weighted by atomic mass is 10.1. The highest BCUT2D eigenvalue weighted by Crippen LogP contribution is 2.26. The monoisotopic (exact) mass is 345 g/mol. The van der Waals surface area contributed by atoms with Gasteiger partial charge in [-0.25, -0.2) is 0 Å². The summed E-state index contributed by atoms with van der Waals surface area (Å²) >= 11 is 6.84. The summed E-state index contributed by atoms with van der Waals surface area (Å²) in [6.45, 7) is 1.83. The van der Waals surface area contributed by atoms with Crippen molar-refractivity contribution in [1.82, 2.24) is 10.4 Å². The third kappa shape index (κ3) is 3.87. The summed E-state index contributed by atoms with van der Waals surface area (Å²) in [5, 5.41) is 0. The molecule has 1 unspecified atom stereocenters. The number of nitrogens with zero attached hydrogens (tertiary/aromatic N) is 1. The zero-order valence-corrected chi connectivity index (χ0v) is 12.1. The van der Waals surface area contributed by atoms with Crippen LogP contribution in [0.1, 0.15) is 31.5 Å². The fourth-order valence-corrected chi connectivity index (χ4v) is 2.59. The molecule has 1 atom stereocenters. The molecule has 3 nitrogen and oxygen atoms in total. The van der Waals surface area contributed by atoms with Gasteiger partial charge < -0.3 is 0 Å². The molecule has 0 bridgehead atoms. The van der Waals surface area contributed by atoms with Gasteiger partial charge in [-0.15, -0.1) is 11.8 Å². The van der Waals surface area contributed by atoms with Gasteiger partial charge in [0.15, 0.2) is 0 Å². The van der Waals surface area contributed by atoms with Crippen LogP contribution in [0.4, 0.5) is 0 Å². The van der Waals surface area contributed by atoms with E-state index in [0.717, 1.165) is 27.5 Å². The van der Waals surface area contributed by atoms with Crippen LogP contribution in [0.5, 0.6) is 0 Å². The normalized spacial score (nSPS) is 11.8. The molecule has 5 heteroatoms.